The monoisotopic (exact) mass is 262 g/mol. The van der Waals surface area contributed by atoms with Crippen molar-refractivity contribution in [3.05, 3.63) is 53.2 Å². The average Bonchev–Trinajstić information content (AvgIpc) is 2.37. The maximum atomic E-state index is 9.29. The highest BCUT2D eigenvalue weighted by atomic mass is 35.5. The van der Waals surface area contributed by atoms with Gasteiger partial charge in [-0.2, -0.15) is 0 Å². The predicted octanol–water partition coefficient (Wildman–Crippen LogP) is 4.00. The smallest absolute Gasteiger partial charge is 0.131 e. The number of pyridine rings is 1. The molecule has 0 aliphatic heterocycles. The van der Waals surface area contributed by atoms with Gasteiger partial charge in [0.25, 0.3) is 0 Å². The van der Waals surface area contributed by atoms with Crippen LogP contribution in [-0.2, 0) is 0 Å². The molecule has 2 aromatic rings. The molecule has 3 nitrogen and oxygen atoms in total. The summed E-state index contributed by atoms with van der Waals surface area (Å²) in [6, 6.07) is 12.8. The third-order valence-corrected chi connectivity index (χ3v) is 2.95. The van der Waals surface area contributed by atoms with Gasteiger partial charge in [-0.1, -0.05) is 36.7 Å². The highest BCUT2D eigenvalue weighted by Gasteiger charge is 2.09. The van der Waals surface area contributed by atoms with Gasteiger partial charge in [0.1, 0.15) is 16.7 Å². The summed E-state index contributed by atoms with van der Waals surface area (Å²) >= 11 is 5.85. The summed E-state index contributed by atoms with van der Waals surface area (Å²) in [4.78, 5) is 4.21. The Labute approximate surface area is 111 Å². The number of phenols is 1. The molecule has 0 aliphatic carbocycles. The second kappa shape index (κ2) is 5.74. The van der Waals surface area contributed by atoms with E-state index in [-0.39, 0.29) is 11.8 Å². The zero-order valence-corrected chi connectivity index (χ0v) is 10.9. The van der Waals surface area contributed by atoms with E-state index in [2.05, 4.69) is 17.2 Å². The number of rotatable bonds is 4. The first-order chi connectivity index (χ1) is 8.69. The summed E-state index contributed by atoms with van der Waals surface area (Å²) in [6.45, 7) is 2.09. The van der Waals surface area contributed by atoms with Crippen molar-refractivity contribution in [3.8, 4) is 5.75 Å². The highest BCUT2D eigenvalue weighted by molar-refractivity contribution is 6.29. The maximum absolute atomic E-state index is 9.29. The van der Waals surface area contributed by atoms with Gasteiger partial charge in [0, 0.05) is 0 Å². The van der Waals surface area contributed by atoms with E-state index in [1.165, 1.54) is 0 Å². The molecule has 18 heavy (non-hydrogen) atoms. The van der Waals surface area contributed by atoms with Crippen LogP contribution in [0.1, 0.15) is 24.9 Å². The number of hydrogen-bond donors (Lipinski definition) is 2. The maximum Gasteiger partial charge on any atom is 0.131 e. The summed E-state index contributed by atoms with van der Waals surface area (Å²) in [5.41, 5.74) is 1.11. The SMILES string of the molecule is CCC(Nc1cccc(Cl)n1)c1ccc(O)cc1. The van der Waals surface area contributed by atoms with Crippen LogP contribution < -0.4 is 5.32 Å². The fourth-order valence-corrected chi connectivity index (χ4v) is 1.96. The first-order valence-electron chi connectivity index (χ1n) is 5.87. The molecule has 0 aliphatic rings. The summed E-state index contributed by atoms with van der Waals surface area (Å²) < 4.78 is 0. The minimum atomic E-state index is 0.150. The van der Waals surface area contributed by atoms with Crippen LogP contribution in [-0.4, -0.2) is 10.1 Å². The molecule has 1 unspecified atom stereocenters. The number of halogens is 1. The fraction of sp³-hybridized carbons (Fsp3) is 0.214. The topological polar surface area (TPSA) is 45.2 Å². The van der Waals surface area contributed by atoms with Crippen LogP contribution >= 0.6 is 11.6 Å². The standard InChI is InChI=1S/C14H15ClN2O/c1-2-12(10-6-8-11(18)9-7-10)16-14-5-3-4-13(15)17-14/h3-9,12,18H,2H2,1H3,(H,16,17). The van der Waals surface area contributed by atoms with Crippen molar-refractivity contribution in [3.63, 3.8) is 0 Å². The molecule has 1 aromatic heterocycles. The predicted molar refractivity (Wildman–Crippen MR) is 74.0 cm³/mol. The molecule has 0 fully saturated rings. The number of hydrogen-bond acceptors (Lipinski definition) is 3. The molecule has 0 radical (unpaired) electrons. The van der Waals surface area contributed by atoms with Gasteiger partial charge in [-0.25, -0.2) is 4.98 Å². The zero-order valence-electron chi connectivity index (χ0n) is 10.1. The van der Waals surface area contributed by atoms with Crippen LogP contribution in [0.5, 0.6) is 5.75 Å². The largest absolute Gasteiger partial charge is 0.508 e. The Hall–Kier alpha value is -1.74. The molecule has 94 valence electrons. The molecule has 0 amide bonds. The van der Waals surface area contributed by atoms with Crippen LogP contribution in [0.15, 0.2) is 42.5 Å². The lowest BCUT2D eigenvalue weighted by Gasteiger charge is -2.18. The first kappa shape index (κ1) is 12.7. The van der Waals surface area contributed by atoms with Gasteiger partial charge in [0.15, 0.2) is 0 Å². The number of nitrogens with one attached hydrogen (secondary N) is 1. The van der Waals surface area contributed by atoms with Gasteiger partial charge >= 0.3 is 0 Å². The quantitative estimate of drug-likeness (QED) is 0.819. The van der Waals surface area contributed by atoms with Gasteiger partial charge in [0.05, 0.1) is 6.04 Å². The molecular formula is C14H15ClN2O. The highest BCUT2D eigenvalue weighted by Crippen LogP contribution is 2.23. The van der Waals surface area contributed by atoms with Crippen molar-refractivity contribution in [1.82, 2.24) is 4.98 Å². The summed E-state index contributed by atoms with van der Waals surface area (Å²) in [6.07, 6.45) is 0.916. The van der Waals surface area contributed by atoms with Crippen molar-refractivity contribution >= 4 is 17.4 Å². The van der Waals surface area contributed by atoms with Gasteiger partial charge < -0.3 is 10.4 Å². The normalized spacial score (nSPS) is 12.1. The van der Waals surface area contributed by atoms with Crippen molar-refractivity contribution in [2.24, 2.45) is 0 Å². The summed E-state index contributed by atoms with van der Waals surface area (Å²) in [7, 11) is 0. The van der Waals surface area contributed by atoms with E-state index in [4.69, 9.17) is 11.6 Å². The van der Waals surface area contributed by atoms with Crippen LogP contribution in [0.4, 0.5) is 5.82 Å². The van der Waals surface area contributed by atoms with E-state index in [1.807, 2.05) is 24.3 Å². The molecule has 2 N–H and O–H groups in total. The number of aromatic nitrogens is 1. The second-order valence-electron chi connectivity index (χ2n) is 4.04. The molecule has 0 saturated carbocycles. The Morgan fingerprint density at radius 2 is 1.94 bits per heavy atom. The lowest BCUT2D eigenvalue weighted by molar-refractivity contribution is 0.475. The van der Waals surface area contributed by atoms with Crippen LogP contribution in [0.25, 0.3) is 0 Å². The Bertz CT molecular complexity index is 513. The lowest BCUT2D eigenvalue weighted by atomic mass is 10.0. The Morgan fingerprint density at radius 1 is 1.22 bits per heavy atom. The van der Waals surface area contributed by atoms with Crippen molar-refractivity contribution in [2.45, 2.75) is 19.4 Å². The third-order valence-electron chi connectivity index (χ3n) is 2.74. The molecule has 0 spiro atoms. The number of anilines is 1. The van der Waals surface area contributed by atoms with E-state index in [1.54, 1.807) is 18.2 Å². The molecule has 0 bridgehead atoms. The molecular weight excluding hydrogens is 248 g/mol. The summed E-state index contributed by atoms with van der Waals surface area (Å²) in [5.74, 6) is 1.02. The van der Waals surface area contributed by atoms with Crippen molar-refractivity contribution in [1.29, 1.82) is 0 Å². The van der Waals surface area contributed by atoms with Crippen molar-refractivity contribution in [2.75, 3.05) is 5.32 Å². The van der Waals surface area contributed by atoms with E-state index in [9.17, 15) is 5.11 Å². The number of phenolic OH excluding ortho intramolecular Hbond substituents is 1. The van der Waals surface area contributed by atoms with E-state index in [0.717, 1.165) is 17.8 Å². The van der Waals surface area contributed by atoms with Gasteiger partial charge in [-0.15, -0.1) is 0 Å². The van der Waals surface area contributed by atoms with E-state index in [0.29, 0.717) is 5.15 Å². The zero-order chi connectivity index (χ0) is 13.0. The number of nitrogens with zero attached hydrogens (tertiary/aromatic N) is 1. The number of aromatic hydroxyl groups is 1. The van der Waals surface area contributed by atoms with Crippen LogP contribution in [0.3, 0.4) is 0 Å². The minimum Gasteiger partial charge on any atom is -0.508 e. The molecule has 0 saturated heterocycles. The molecule has 2 rings (SSSR count). The van der Waals surface area contributed by atoms with Gasteiger partial charge in [-0.05, 0) is 36.2 Å². The average molecular weight is 263 g/mol. The second-order valence-corrected chi connectivity index (χ2v) is 4.43. The Kier molecular flexibility index (Phi) is 4.05. The fourth-order valence-electron chi connectivity index (χ4n) is 1.79. The van der Waals surface area contributed by atoms with Gasteiger partial charge in [-0.3, -0.25) is 0 Å². The molecule has 4 heteroatoms. The van der Waals surface area contributed by atoms with Crippen molar-refractivity contribution < 1.29 is 5.11 Å². The van der Waals surface area contributed by atoms with Crippen LogP contribution in [0, 0.1) is 0 Å². The van der Waals surface area contributed by atoms with Crippen LogP contribution in [0.2, 0.25) is 5.15 Å². The van der Waals surface area contributed by atoms with E-state index < -0.39 is 0 Å². The minimum absolute atomic E-state index is 0.150. The lowest BCUT2D eigenvalue weighted by Crippen LogP contribution is -2.10. The molecule has 1 heterocycles. The summed E-state index contributed by atoms with van der Waals surface area (Å²) in [5, 5.41) is 13.1. The first-order valence-corrected chi connectivity index (χ1v) is 6.25. The Balaban J connectivity index is 2.17. The molecule has 1 aromatic carbocycles. The number of benzene rings is 1. The van der Waals surface area contributed by atoms with Gasteiger partial charge in [0.2, 0.25) is 0 Å². The Morgan fingerprint density at radius 3 is 2.56 bits per heavy atom. The van der Waals surface area contributed by atoms with E-state index >= 15 is 0 Å². The third kappa shape index (κ3) is 3.14. The molecule has 1 atom stereocenters.